The van der Waals surface area contributed by atoms with E-state index in [4.69, 9.17) is 8.48 Å². The SMILES string of the molecule is [2H]C1([2H])CC(c2cc(F)ccc2F)N(c2ccn3ncc(N)c3n2)C1. The van der Waals surface area contributed by atoms with E-state index in [1.54, 1.807) is 17.2 Å². The molecule has 1 aromatic carbocycles. The molecule has 2 aromatic heterocycles. The van der Waals surface area contributed by atoms with Crippen LogP contribution in [0.2, 0.25) is 0 Å². The molecule has 5 nitrogen and oxygen atoms in total. The number of aromatic nitrogens is 3. The lowest BCUT2D eigenvalue weighted by Crippen LogP contribution is -2.24. The number of nitrogens with two attached hydrogens (primary N) is 1. The lowest BCUT2D eigenvalue weighted by atomic mass is 10.0. The van der Waals surface area contributed by atoms with Gasteiger partial charge in [-0.3, -0.25) is 0 Å². The van der Waals surface area contributed by atoms with E-state index in [2.05, 4.69) is 10.1 Å². The van der Waals surface area contributed by atoms with Crippen molar-refractivity contribution in [3.63, 3.8) is 0 Å². The summed E-state index contributed by atoms with van der Waals surface area (Å²) in [6.45, 7) is 0.0187. The zero-order valence-corrected chi connectivity index (χ0v) is 12.1. The van der Waals surface area contributed by atoms with E-state index in [1.807, 2.05) is 0 Å². The fourth-order valence-corrected chi connectivity index (χ4v) is 2.87. The Morgan fingerprint density at radius 1 is 1.30 bits per heavy atom. The topological polar surface area (TPSA) is 59.5 Å². The molecule has 0 saturated carbocycles. The molecule has 0 bridgehead atoms. The third-order valence-corrected chi connectivity index (χ3v) is 3.99. The van der Waals surface area contributed by atoms with Crippen molar-refractivity contribution in [1.82, 2.24) is 14.6 Å². The molecule has 1 unspecified atom stereocenters. The smallest absolute Gasteiger partial charge is 0.180 e. The van der Waals surface area contributed by atoms with Gasteiger partial charge in [0, 0.05) is 21.0 Å². The Morgan fingerprint density at radius 2 is 2.17 bits per heavy atom. The largest absolute Gasteiger partial charge is 0.394 e. The van der Waals surface area contributed by atoms with Crippen molar-refractivity contribution >= 4 is 17.2 Å². The fourth-order valence-electron chi connectivity index (χ4n) is 2.87. The molecule has 4 rings (SSSR count). The molecule has 0 amide bonds. The van der Waals surface area contributed by atoms with E-state index in [0.717, 1.165) is 18.2 Å². The van der Waals surface area contributed by atoms with Gasteiger partial charge < -0.3 is 10.6 Å². The second-order valence-corrected chi connectivity index (χ2v) is 5.42. The quantitative estimate of drug-likeness (QED) is 0.789. The molecule has 118 valence electrons. The van der Waals surface area contributed by atoms with Crippen LogP contribution in [0.4, 0.5) is 20.3 Å². The monoisotopic (exact) mass is 317 g/mol. The van der Waals surface area contributed by atoms with Crippen LogP contribution in [-0.2, 0) is 0 Å². The number of fused-ring (bicyclic) bond motifs is 1. The number of anilines is 2. The summed E-state index contributed by atoms with van der Waals surface area (Å²) in [5.41, 5.74) is 6.77. The molecule has 0 aliphatic carbocycles. The summed E-state index contributed by atoms with van der Waals surface area (Å²) in [6, 6.07) is 4.21. The van der Waals surface area contributed by atoms with Gasteiger partial charge in [-0.05, 0) is 37.1 Å². The Labute approximate surface area is 134 Å². The first-order valence-electron chi connectivity index (χ1n) is 8.15. The second kappa shape index (κ2) is 5.19. The summed E-state index contributed by atoms with van der Waals surface area (Å²) in [7, 11) is 0. The van der Waals surface area contributed by atoms with Crippen LogP contribution in [0.25, 0.3) is 5.65 Å². The van der Waals surface area contributed by atoms with Gasteiger partial charge in [0.1, 0.15) is 17.5 Å². The third-order valence-electron chi connectivity index (χ3n) is 3.99. The summed E-state index contributed by atoms with van der Waals surface area (Å²) < 4.78 is 45.5. The Hall–Kier alpha value is -2.70. The molecular weight excluding hydrogens is 300 g/mol. The standard InChI is InChI=1S/C16H15F2N5/c17-10-3-4-12(18)11(8-10)14-2-1-6-22(14)15-5-7-23-16(21-15)13(19)9-20-23/h3-5,7-9,14H,1-2,6,19H2/i1D2. The summed E-state index contributed by atoms with van der Waals surface area (Å²) in [5, 5.41) is 4.04. The highest BCUT2D eigenvalue weighted by molar-refractivity contribution is 5.65. The van der Waals surface area contributed by atoms with Crippen LogP contribution in [-0.4, -0.2) is 21.1 Å². The van der Waals surface area contributed by atoms with E-state index in [-0.39, 0.29) is 18.5 Å². The van der Waals surface area contributed by atoms with E-state index in [0.29, 0.717) is 17.2 Å². The van der Waals surface area contributed by atoms with E-state index in [1.165, 1.54) is 10.7 Å². The highest BCUT2D eigenvalue weighted by atomic mass is 19.1. The molecule has 0 spiro atoms. The number of benzene rings is 1. The van der Waals surface area contributed by atoms with Crippen LogP contribution in [0.15, 0.2) is 36.7 Å². The van der Waals surface area contributed by atoms with Gasteiger partial charge in [0.15, 0.2) is 5.65 Å². The van der Waals surface area contributed by atoms with Gasteiger partial charge in [-0.1, -0.05) is 0 Å². The second-order valence-electron chi connectivity index (χ2n) is 5.42. The third kappa shape index (κ3) is 2.28. The van der Waals surface area contributed by atoms with Crippen molar-refractivity contribution in [2.24, 2.45) is 0 Å². The van der Waals surface area contributed by atoms with E-state index >= 15 is 0 Å². The number of nitrogens with zero attached hydrogens (tertiary/aromatic N) is 4. The number of hydrogen-bond acceptors (Lipinski definition) is 4. The summed E-state index contributed by atoms with van der Waals surface area (Å²) in [5.74, 6) is -0.693. The molecule has 3 aromatic rings. The number of rotatable bonds is 2. The predicted molar refractivity (Wildman–Crippen MR) is 83.1 cm³/mol. The van der Waals surface area contributed by atoms with Gasteiger partial charge in [0.2, 0.25) is 0 Å². The van der Waals surface area contributed by atoms with Crippen LogP contribution < -0.4 is 10.6 Å². The zero-order valence-electron chi connectivity index (χ0n) is 14.1. The number of halogens is 2. The van der Waals surface area contributed by atoms with Crippen molar-refractivity contribution < 1.29 is 11.5 Å². The molecule has 1 aliphatic rings. The molecule has 0 radical (unpaired) electrons. The first-order chi connectivity index (χ1) is 11.8. The van der Waals surface area contributed by atoms with Gasteiger partial charge in [0.05, 0.1) is 17.9 Å². The number of nitrogen functional groups attached to an aromatic ring is 1. The van der Waals surface area contributed by atoms with Gasteiger partial charge >= 0.3 is 0 Å². The lowest BCUT2D eigenvalue weighted by molar-refractivity contribution is 0.560. The van der Waals surface area contributed by atoms with E-state index in [9.17, 15) is 8.78 Å². The first kappa shape index (κ1) is 11.8. The van der Waals surface area contributed by atoms with Crippen molar-refractivity contribution in [3.05, 3.63) is 53.9 Å². The minimum absolute atomic E-state index is 0.0187. The molecule has 1 atom stereocenters. The van der Waals surface area contributed by atoms with Gasteiger partial charge in [-0.25, -0.2) is 18.3 Å². The van der Waals surface area contributed by atoms with Gasteiger partial charge in [-0.15, -0.1) is 0 Å². The lowest BCUT2D eigenvalue weighted by Gasteiger charge is -2.26. The Balaban J connectivity index is 1.82. The molecule has 1 saturated heterocycles. The van der Waals surface area contributed by atoms with E-state index < -0.39 is 24.0 Å². The molecule has 3 heterocycles. The minimum atomic E-state index is -1.55. The molecule has 1 fully saturated rings. The van der Waals surface area contributed by atoms with Gasteiger partial charge in [-0.2, -0.15) is 5.10 Å². The molecule has 23 heavy (non-hydrogen) atoms. The van der Waals surface area contributed by atoms with Crippen LogP contribution >= 0.6 is 0 Å². The summed E-state index contributed by atoms with van der Waals surface area (Å²) >= 11 is 0. The predicted octanol–water partition coefficient (Wildman–Crippen LogP) is 2.93. The van der Waals surface area contributed by atoms with Crippen LogP contribution in [0.1, 0.15) is 27.1 Å². The maximum atomic E-state index is 14.3. The molecule has 2 N–H and O–H groups in total. The van der Waals surface area contributed by atoms with Crippen molar-refractivity contribution in [3.8, 4) is 0 Å². The first-order valence-corrected chi connectivity index (χ1v) is 7.15. The van der Waals surface area contributed by atoms with Crippen molar-refractivity contribution in [1.29, 1.82) is 0 Å². The molecular formula is C16H15F2N5. The highest BCUT2D eigenvalue weighted by Gasteiger charge is 2.29. The Morgan fingerprint density at radius 3 is 3.04 bits per heavy atom. The zero-order chi connectivity index (χ0) is 17.8. The molecule has 1 aliphatic heterocycles. The minimum Gasteiger partial charge on any atom is -0.394 e. The summed E-state index contributed by atoms with van der Waals surface area (Å²) in [4.78, 5) is 6.07. The van der Waals surface area contributed by atoms with Crippen LogP contribution in [0, 0.1) is 11.6 Å². The van der Waals surface area contributed by atoms with Gasteiger partial charge in [0.25, 0.3) is 0 Å². The normalized spacial score (nSPS) is 21.5. The average Bonchev–Trinajstić information content (AvgIpc) is 3.09. The van der Waals surface area contributed by atoms with Crippen LogP contribution in [0.5, 0.6) is 0 Å². The maximum absolute atomic E-state index is 14.3. The molecule has 7 heteroatoms. The van der Waals surface area contributed by atoms with Crippen molar-refractivity contribution in [2.75, 3.05) is 17.2 Å². The number of hydrogen-bond donors (Lipinski definition) is 1. The van der Waals surface area contributed by atoms with Crippen LogP contribution in [0.3, 0.4) is 0 Å². The summed E-state index contributed by atoms with van der Waals surface area (Å²) in [6.07, 6.45) is 1.61. The Kier molecular flexibility index (Phi) is 2.66. The highest BCUT2D eigenvalue weighted by Crippen LogP contribution is 2.36. The Bertz CT molecular complexity index is 959. The average molecular weight is 317 g/mol. The van der Waals surface area contributed by atoms with Crippen molar-refractivity contribution in [2.45, 2.75) is 18.8 Å². The fraction of sp³-hybridized carbons (Fsp3) is 0.250. The maximum Gasteiger partial charge on any atom is 0.180 e.